The average molecular weight is 348 g/mol. The second-order valence-electron chi connectivity index (χ2n) is 4.87. The van der Waals surface area contributed by atoms with E-state index in [1.54, 1.807) is 12.5 Å². The van der Waals surface area contributed by atoms with Crippen LogP contribution in [0.3, 0.4) is 0 Å². The van der Waals surface area contributed by atoms with E-state index >= 15 is 0 Å². The molecule has 1 aromatic carbocycles. The van der Waals surface area contributed by atoms with Crippen LogP contribution in [-0.4, -0.2) is 30.6 Å². The number of ether oxygens (including phenoxy) is 1. The Hall–Kier alpha value is -2.23. The van der Waals surface area contributed by atoms with Crippen molar-refractivity contribution in [3.63, 3.8) is 0 Å². The Kier molecular flexibility index (Phi) is 3.51. The number of aromatic nitrogens is 2. The zero-order valence-corrected chi connectivity index (χ0v) is 12.6. The molecule has 2 aromatic rings. The Labute approximate surface area is 129 Å². The van der Waals surface area contributed by atoms with Gasteiger partial charge < -0.3 is 13.5 Å². The van der Waals surface area contributed by atoms with Gasteiger partial charge >= 0.3 is 15.6 Å². The fourth-order valence-electron chi connectivity index (χ4n) is 2.40. The molecule has 0 amide bonds. The molecule has 0 saturated heterocycles. The molecule has 6 nitrogen and oxygen atoms in total. The standard InChI is InChI=1S/C13H11F3N2O4S/c1-21-11-4-8-2-3-18-7-17-6-10(18)9(8)5-12(11)22-23(19,20)13(14,15)16/h4-7H,2-3H2,1H3. The van der Waals surface area contributed by atoms with E-state index in [-0.39, 0.29) is 5.75 Å². The normalized spacial score (nSPS) is 14.1. The molecule has 0 N–H and O–H groups in total. The van der Waals surface area contributed by atoms with Crippen LogP contribution in [0.4, 0.5) is 13.2 Å². The number of fused-ring (bicyclic) bond motifs is 3. The number of rotatable bonds is 3. The number of aryl methyl sites for hydroxylation is 2. The van der Waals surface area contributed by atoms with Crippen LogP contribution in [-0.2, 0) is 23.1 Å². The molecular formula is C13H11F3N2O4S. The molecule has 1 aliphatic heterocycles. The monoisotopic (exact) mass is 348 g/mol. The maximum Gasteiger partial charge on any atom is 0.534 e. The quantitative estimate of drug-likeness (QED) is 0.629. The van der Waals surface area contributed by atoms with Gasteiger partial charge in [-0.2, -0.15) is 21.6 Å². The van der Waals surface area contributed by atoms with Crippen LogP contribution in [0.5, 0.6) is 11.5 Å². The van der Waals surface area contributed by atoms with E-state index in [9.17, 15) is 21.6 Å². The molecule has 3 rings (SSSR count). The number of nitrogens with zero attached hydrogens (tertiary/aromatic N) is 2. The summed E-state index contributed by atoms with van der Waals surface area (Å²) in [7, 11) is -4.55. The summed E-state index contributed by atoms with van der Waals surface area (Å²) >= 11 is 0. The summed E-state index contributed by atoms with van der Waals surface area (Å²) in [6, 6.07) is 2.71. The maximum absolute atomic E-state index is 12.5. The van der Waals surface area contributed by atoms with Gasteiger partial charge in [0.1, 0.15) is 0 Å². The predicted octanol–water partition coefficient (Wildman–Crippen LogP) is 2.34. The molecule has 1 aliphatic rings. The molecule has 0 radical (unpaired) electrons. The summed E-state index contributed by atoms with van der Waals surface area (Å²) in [5.74, 6) is -0.595. The molecule has 0 atom stereocenters. The Morgan fingerprint density at radius 2 is 2.00 bits per heavy atom. The van der Waals surface area contributed by atoms with Gasteiger partial charge in [-0.3, -0.25) is 0 Å². The third-order valence-corrected chi connectivity index (χ3v) is 4.45. The largest absolute Gasteiger partial charge is 0.534 e. The fraction of sp³-hybridized carbons (Fsp3) is 0.308. The van der Waals surface area contributed by atoms with Crippen molar-refractivity contribution < 1.29 is 30.5 Å². The van der Waals surface area contributed by atoms with Crippen LogP contribution >= 0.6 is 0 Å². The summed E-state index contributed by atoms with van der Waals surface area (Å²) in [5, 5.41) is 0. The molecule has 0 saturated carbocycles. The van der Waals surface area contributed by atoms with Gasteiger partial charge in [0.25, 0.3) is 0 Å². The molecule has 0 bridgehead atoms. The summed E-state index contributed by atoms with van der Waals surface area (Å²) in [5.41, 5.74) is -3.48. The van der Waals surface area contributed by atoms with Gasteiger partial charge in [-0.15, -0.1) is 0 Å². The molecule has 0 spiro atoms. The lowest BCUT2D eigenvalue weighted by molar-refractivity contribution is -0.0500. The van der Waals surface area contributed by atoms with E-state index in [4.69, 9.17) is 4.74 Å². The Bertz CT molecular complexity index is 859. The molecule has 1 aromatic heterocycles. The number of halogens is 3. The number of hydrogen-bond donors (Lipinski definition) is 0. The Balaban J connectivity index is 2.11. The van der Waals surface area contributed by atoms with Crippen molar-refractivity contribution in [2.75, 3.05) is 7.11 Å². The molecule has 0 unspecified atom stereocenters. The van der Waals surface area contributed by atoms with Crippen molar-refractivity contribution in [2.45, 2.75) is 18.5 Å². The first-order valence-electron chi connectivity index (χ1n) is 6.45. The predicted molar refractivity (Wildman–Crippen MR) is 73.5 cm³/mol. The SMILES string of the molecule is COc1cc2c(cc1OS(=O)(=O)C(F)(F)F)-c1cncn1CC2. The minimum atomic E-state index is -5.78. The maximum atomic E-state index is 12.5. The lowest BCUT2D eigenvalue weighted by Gasteiger charge is -2.21. The van der Waals surface area contributed by atoms with Crippen molar-refractivity contribution in [2.24, 2.45) is 0 Å². The summed E-state index contributed by atoms with van der Waals surface area (Å²) in [6.45, 7) is 0.659. The smallest absolute Gasteiger partial charge is 0.493 e. The minimum absolute atomic E-state index is 0.0791. The first-order chi connectivity index (χ1) is 10.7. The zero-order chi connectivity index (χ0) is 16.8. The molecule has 124 valence electrons. The van der Waals surface area contributed by atoms with Crippen LogP contribution in [0.25, 0.3) is 11.3 Å². The van der Waals surface area contributed by atoms with Crippen LogP contribution in [0.2, 0.25) is 0 Å². The number of alkyl halides is 3. The highest BCUT2D eigenvalue weighted by molar-refractivity contribution is 7.88. The van der Waals surface area contributed by atoms with Gasteiger partial charge in [0.15, 0.2) is 11.5 Å². The summed E-state index contributed by atoms with van der Waals surface area (Å²) in [6.07, 6.45) is 3.75. The Morgan fingerprint density at radius 3 is 2.65 bits per heavy atom. The van der Waals surface area contributed by atoms with E-state index in [2.05, 4.69) is 9.17 Å². The molecule has 10 heteroatoms. The highest BCUT2D eigenvalue weighted by Gasteiger charge is 2.49. The summed E-state index contributed by atoms with van der Waals surface area (Å²) < 4.78 is 71.0. The zero-order valence-electron chi connectivity index (χ0n) is 11.8. The van der Waals surface area contributed by atoms with E-state index in [0.717, 1.165) is 5.56 Å². The van der Waals surface area contributed by atoms with Gasteiger partial charge in [0.2, 0.25) is 0 Å². The lowest BCUT2D eigenvalue weighted by atomic mass is 9.98. The van der Waals surface area contributed by atoms with E-state index in [1.165, 1.54) is 19.2 Å². The highest BCUT2D eigenvalue weighted by Crippen LogP contribution is 2.40. The van der Waals surface area contributed by atoms with Crippen molar-refractivity contribution in [1.82, 2.24) is 9.55 Å². The van der Waals surface area contributed by atoms with E-state index in [1.807, 2.05) is 4.57 Å². The van der Waals surface area contributed by atoms with Crippen LogP contribution in [0, 0.1) is 0 Å². The lowest BCUT2D eigenvalue weighted by Crippen LogP contribution is -2.28. The van der Waals surface area contributed by atoms with Crippen LogP contribution < -0.4 is 8.92 Å². The van der Waals surface area contributed by atoms with Gasteiger partial charge in [0.05, 0.1) is 25.3 Å². The molecular weight excluding hydrogens is 337 g/mol. The van der Waals surface area contributed by atoms with Gasteiger partial charge in [-0.25, -0.2) is 4.98 Å². The molecule has 2 heterocycles. The third kappa shape index (κ3) is 2.62. The van der Waals surface area contributed by atoms with Gasteiger partial charge in [-0.1, -0.05) is 0 Å². The Morgan fingerprint density at radius 1 is 1.26 bits per heavy atom. The van der Waals surface area contributed by atoms with E-state index in [0.29, 0.717) is 24.2 Å². The number of hydrogen-bond acceptors (Lipinski definition) is 5. The van der Waals surface area contributed by atoms with Crippen LogP contribution in [0.15, 0.2) is 24.7 Å². The molecule has 23 heavy (non-hydrogen) atoms. The first-order valence-corrected chi connectivity index (χ1v) is 7.86. The molecule has 0 fully saturated rings. The second kappa shape index (κ2) is 5.15. The second-order valence-corrected chi connectivity index (χ2v) is 6.40. The topological polar surface area (TPSA) is 70.4 Å². The van der Waals surface area contributed by atoms with E-state index < -0.39 is 21.4 Å². The van der Waals surface area contributed by atoms with Gasteiger partial charge in [-0.05, 0) is 24.1 Å². The number of methoxy groups -OCH3 is 1. The van der Waals surface area contributed by atoms with Crippen molar-refractivity contribution in [3.05, 3.63) is 30.2 Å². The van der Waals surface area contributed by atoms with Crippen molar-refractivity contribution in [3.8, 4) is 22.8 Å². The third-order valence-electron chi connectivity index (χ3n) is 3.48. The van der Waals surface area contributed by atoms with Crippen molar-refractivity contribution in [1.29, 1.82) is 0 Å². The fourth-order valence-corrected chi connectivity index (χ4v) is 2.86. The molecule has 0 aliphatic carbocycles. The van der Waals surface area contributed by atoms with Crippen LogP contribution in [0.1, 0.15) is 5.56 Å². The number of imidazole rings is 1. The van der Waals surface area contributed by atoms with Crippen molar-refractivity contribution >= 4 is 10.1 Å². The average Bonchev–Trinajstić information content (AvgIpc) is 2.93. The number of benzene rings is 1. The first kappa shape index (κ1) is 15.7. The van der Waals surface area contributed by atoms with Gasteiger partial charge in [0, 0.05) is 12.1 Å². The minimum Gasteiger partial charge on any atom is -0.493 e. The highest BCUT2D eigenvalue weighted by atomic mass is 32.2. The summed E-state index contributed by atoms with van der Waals surface area (Å²) in [4.78, 5) is 3.98.